The first-order valence-corrected chi connectivity index (χ1v) is 8.28. The number of anilines is 1. The van der Waals surface area contributed by atoms with Crippen LogP contribution in [0, 0.1) is 5.92 Å². The van der Waals surface area contributed by atoms with Crippen molar-refractivity contribution >= 4 is 28.9 Å². The molecule has 2 nitrogen and oxygen atoms in total. The summed E-state index contributed by atoms with van der Waals surface area (Å²) < 4.78 is 0. The Morgan fingerprint density at radius 1 is 1.15 bits per heavy atom. The molecule has 0 N–H and O–H groups in total. The smallest absolute Gasteiger partial charge is 0.0748 e. The van der Waals surface area contributed by atoms with Crippen molar-refractivity contribution in [1.82, 2.24) is 4.90 Å². The Labute approximate surface area is 131 Å². The Morgan fingerprint density at radius 2 is 1.85 bits per heavy atom. The van der Waals surface area contributed by atoms with Crippen LogP contribution in [0.25, 0.3) is 0 Å². The summed E-state index contributed by atoms with van der Waals surface area (Å²) in [6.45, 7) is 8.01. The van der Waals surface area contributed by atoms with E-state index in [1.54, 1.807) is 0 Å². The predicted octanol–water partition coefficient (Wildman–Crippen LogP) is 4.30. The Bertz CT molecular complexity index is 469. The predicted molar refractivity (Wildman–Crippen MR) is 87.0 cm³/mol. The third kappa shape index (κ3) is 2.54. The molecular formula is C16H22Cl2N2. The molecule has 4 heteroatoms. The van der Waals surface area contributed by atoms with Crippen LogP contribution in [0.5, 0.6) is 0 Å². The number of para-hydroxylation sites is 1. The zero-order valence-electron chi connectivity index (χ0n) is 12.1. The number of rotatable bonds is 2. The van der Waals surface area contributed by atoms with Gasteiger partial charge in [0.25, 0.3) is 0 Å². The molecule has 2 aliphatic rings. The molecule has 1 aromatic rings. The first-order chi connectivity index (χ1) is 9.58. The van der Waals surface area contributed by atoms with Crippen LogP contribution in [-0.2, 0) is 0 Å². The van der Waals surface area contributed by atoms with Gasteiger partial charge in [0.15, 0.2) is 0 Å². The fraction of sp³-hybridized carbons (Fsp3) is 0.625. The summed E-state index contributed by atoms with van der Waals surface area (Å²) in [5.74, 6) is 0.587. The standard InChI is InChI=1S/C16H22Cl2N2/c1-11(2)15-10-19-8-4-5-12(19)9-20(15)16-13(17)6-3-7-14(16)18/h3,6-7,11-12,15H,4-5,8-10H2,1-2H3. The molecule has 0 radical (unpaired) electrons. The highest BCUT2D eigenvalue weighted by atomic mass is 35.5. The van der Waals surface area contributed by atoms with Crippen LogP contribution >= 0.6 is 23.2 Å². The summed E-state index contributed by atoms with van der Waals surface area (Å²) in [5.41, 5.74) is 1.03. The molecule has 0 saturated carbocycles. The van der Waals surface area contributed by atoms with Crippen molar-refractivity contribution in [1.29, 1.82) is 0 Å². The second-order valence-corrected chi connectivity index (χ2v) is 7.14. The van der Waals surface area contributed by atoms with Gasteiger partial charge in [-0.2, -0.15) is 0 Å². The summed E-state index contributed by atoms with van der Waals surface area (Å²) in [6, 6.07) is 6.96. The number of fused-ring (bicyclic) bond motifs is 1. The maximum Gasteiger partial charge on any atom is 0.0748 e. The van der Waals surface area contributed by atoms with Crippen molar-refractivity contribution in [2.75, 3.05) is 24.5 Å². The van der Waals surface area contributed by atoms with Crippen LogP contribution in [0.2, 0.25) is 10.0 Å². The average Bonchev–Trinajstić information content (AvgIpc) is 2.84. The first kappa shape index (κ1) is 14.5. The van der Waals surface area contributed by atoms with Gasteiger partial charge in [0.1, 0.15) is 0 Å². The van der Waals surface area contributed by atoms with Crippen molar-refractivity contribution in [3.8, 4) is 0 Å². The fourth-order valence-electron chi connectivity index (χ4n) is 3.63. The van der Waals surface area contributed by atoms with E-state index in [2.05, 4.69) is 23.6 Å². The van der Waals surface area contributed by atoms with Crippen LogP contribution in [0.3, 0.4) is 0 Å². The minimum atomic E-state index is 0.488. The minimum absolute atomic E-state index is 0.488. The van der Waals surface area contributed by atoms with Crippen LogP contribution in [-0.4, -0.2) is 36.6 Å². The van der Waals surface area contributed by atoms with Crippen molar-refractivity contribution in [3.63, 3.8) is 0 Å². The second-order valence-electron chi connectivity index (χ2n) is 6.32. The maximum atomic E-state index is 6.44. The number of halogens is 2. The molecular weight excluding hydrogens is 291 g/mol. The van der Waals surface area contributed by atoms with E-state index in [0.717, 1.165) is 28.8 Å². The highest BCUT2D eigenvalue weighted by molar-refractivity contribution is 6.39. The van der Waals surface area contributed by atoms with Gasteiger partial charge in [-0.15, -0.1) is 0 Å². The molecule has 2 atom stereocenters. The molecule has 2 heterocycles. The average molecular weight is 313 g/mol. The zero-order valence-corrected chi connectivity index (χ0v) is 13.7. The van der Waals surface area contributed by atoms with Crippen molar-refractivity contribution in [3.05, 3.63) is 28.2 Å². The van der Waals surface area contributed by atoms with Gasteiger partial charge in [-0.3, -0.25) is 4.90 Å². The van der Waals surface area contributed by atoms with Crippen molar-refractivity contribution < 1.29 is 0 Å². The lowest BCUT2D eigenvalue weighted by atomic mass is 9.96. The van der Waals surface area contributed by atoms with Gasteiger partial charge in [-0.1, -0.05) is 43.1 Å². The molecule has 2 unspecified atom stereocenters. The number of hydrogen-bond donors (Lipinski definition) is 0. The van der Waals surface area contributed by atoms with Gasteiger partial charge in [0.05, 0.1) is 15.7 Å². The lowest BCUT2D eigenvalue weighted by molar-refractivity contribution is 0.176. The van der Waals surface area contributed by atoms with Crippen molar-refractivity contribution in [2.24, 2.45) is 5.92 Å². The third-order valence-electron chi connectivity index (χ3n) is 4.72. The van der Waals surface area contributed by atoms with Gasteiger partial charge in [-0.25, -0.2) is 0 Å². The van der Waals surface area contributed by atoms with Crippen LogP contribution in [0.4, 0.5) is 5.69 Å². The minimum Gasteiger partial charge on any atom is -0.363 e. The molecule has 2 aliphatic heterocycles. The van der Waals surface area contributed by atoms with Gasteiger partial charge >= 0.3 is 0 Å². The Balaban J connectivity index is 1.96. The molecule has 0 aromatic heterocycles. The summed E-state index contributed by atoms with van der Waals surface area (Å²) in [6.07, 6.45) is 2.61. The fourth-order valence-corrected chi connectivity index (χ4v) is 4.25. The summed E-state index contributed by atoms with van der Waals surface area (Å²) in [5, 5.41) is 1.55. The number of piperazine rings is 1. The van der Waals surface area contributed by atoms with Crippen LogP contribution < -0.4 is 4.90 Å². The normalized spacial score (nSPS) is 27.1. The quantitative estimate of drug-likeness (QED) is 0.803. The lowest BCUT2D eigenvalue weighted by Crippen LogP contribution is -2.58. The Hall–Kier alpha value is -0.440. The van der Waals surface area contributed by atoms with Crippen LogP contribution in [0.1, 0.15) is 26.7 Å². The molecule has 2 saturated heterocycles. The van der Waals surface area contributed by atoms with Gasteiger partial charge < -0.3 is 4.90 Å². The second kappa shape index (κ2) is 5.75. The molecule has 0 bridgehead atoms. The molecule has 1 aromatic carbocycles. The van der Waals surface area contributed by atoms with E-state index < -0.39 is 0 Å². The van der Waals surface area contributed by atoms with E-state index in [4.69, 9.17) is 23.2 Å². The van der Waals surface area contributed by atoms with Gasteiger partial charge in [0, 0.05) is 25.2 Å². The number of nitrogens with zero attached hydrogens (tertiary/aromatic N) is 2. The van der Waals surface area contributed by atoms with Crippen LogP contribution in [0.15, 0.2) is 18.2 Å². The molecule has 20 heavy (non-hydrogen) atoms. The summed E-state index contributed by atoms with van der Waals surface area (Å²) >= 11 is 12.9. The Kier molecular flexibility index (Phi) is 4.16. The molecule has 110 valence electrons. The molecule has 0 amide bonds. The third-order valence-corrected chi connectivity index (χ3v) is 5.33. The molecule has 0 spiro atoms. The van der Waals surface area contributed by atoms with E-state index in [-0.39, 0.29) is 0 Å². The largest absolute Gasteiger partial charge is 0.363 e. The van der Waals surface area contributed by atoms with Crippen molar-refractivity contribution in [2.45, 2.75) is 38.8 Å². The lowest BCUT2D eigenvalue weighted by Gasteiger charge is -2.47. The van der Waals surface area contributed by atoms with E-state index >= 15 is 0 Å². The van der Waals surface area contributed by atoms with E-state index in [0.29, 0.717) is 18.0 Å². The Morgan fingerprint density at radius 3 is 2.50 bits per heavy atom. The highest BCUT2D eigenvalue weighted by Crippen LogP contribution is 2.39. The van der Waals surface area contributed by atoms with Gasteiger partial charge in [-0.05, 0) is 37.4 Å². The van der Waals surface area contributed by atoms with E-state index in [1.807, 2.05) is 18.2 Å². The topological polar surface area (TPSA) is 6.48 Å². The SMILES string of the molecule is CC(C)C1CN2CCCC2CN1c1c(Cl)cccc1Cl. The number of hydrogen-bond acceptors (Lipinski definition) is 2. The molecule has 3 rings (SSSR count). The molecule has 0 aliphatic carbocycles. The maximum absolute atomic E-state index is 6.44. The molecule has 2 fully saturated rings. The van der Waals surface area contributed by atoms with Gasteiger partial charge in [0.2, 0.25) is 0 Å². The monoisotopic (exact) mass is 312 g/mol. The highest BCUT2D eigenvalue weighted by Gasteiger charge is 2.38. The number of benzene rings is 1. The van der Waals surface area contributed by atoms with E-state index in [9.17, 15) is 0 Å². The van der Waals surface area contributed by atoms with E-state index in [1.165, 1.54) is 19.4 Å². The summed E-state index contributed by atoms with van der Waals surface area (Å²) in [7, 11) is 0. The zero-order chi connectivity index (χ0) is 14.3. The first-order valence-electron chi connectivity index (χ1n) is 7.52. The summed E-state index contributed by atoms with van der Waals surface area (Å²) in [4.78, 5) is 5.10.